The van der Waals surface area contributed by atoms with E-state index in [1.807, 2.05) is 19.9 Å². The fourth-order valence-corrected chi connectivity index (χ4v) is 2.69. The van der Waals surface area contributed by atoms with Gasteiger partial charge in [-0.3, -0.25) is 4.79 Å². The number of halogens is 1. The summed E-state index contributed by atoms with van der Waals surface area (Å²) in [6, 6.07) is 12.9. The van der Waals surface area contributed by atoms with Crippen LogP contribution < -0.4 is 10.1 Å². The molecule has 0 spiro atoms. The molecule has 27 heavy (non-hydrogen) atoms. The summed E-state index contributed by atoms with van der Waals surface area (Å²) < 4.78 is 6.33. The number of nitriles is 1. The van der Waals surface area contributed by atoms with E-state index in [1.165, 1.54) is 24.3 Å². The number of carboxylic acids is 1. The van der Waals surface area contributed by atoms with Gasteiger partial charge in [-0.2, -0.15) is 5.26 Å². The summed E-state index contributed by atoms with van der Waals surface area (Å²) in [6.45, 7) is 3.83. The third kappa shape index (κ3) is 5.69. The Bertz CT molecular complexity index is 945. The van der Waals surface area contributed by atoms with E-state index in [1.54, 1.807) is 24.3 Å². The molecule has 0 saturated heterocycles. The zero-order chi connectivity index (χ0) is 20.0. The number of amides is 1. The van der Waals surface area contributed by atoms with Gasteiger partial charge in [0, 0.05) is 5.69 Å². The van der Waals surface area contributed by atoms with Gasteiger partial charge in [0.25, 0.3) is 5.91 Å². The highest BCUT2D eigenvalue weighted by molar-refractivity contribution is 9.10. The lowest BCUT2D eigenvalue weighted by molar-refractivity contribution is -0.112. The highest BCUT2D eigenvalue weighted by Crippen LogP contribution is 2.28. The maximum Gasteiger partial charge on any atom is 0.335 e. The van der Waals surface area contributed by atoms with Crippen LogP contribution in [0.2, 0.25) is 0 Å². The molecule has 1 amide bonds. The number of carboxylic acid groups (broad SMARTS) is 1. The van der Waals surface area contributed by atoms with Crippen molar-refractivity contribution < 1.29 is 19.4 Å². The predicted octanol–water partition coefficient (Wildman–Crippen LogP) is 4.48. The zero-order valence-electron chi connectivity index (χ0n) is 14.7. The second-order valence-electron chi connectivity index (χ2n) is 5.87. The van der Waals surface area contributed by atoms with Crippen LogP contribution in [0.4, 0.5) is 5.69 Å². The average molecular weight is 429 g/mol. The van der Waals surface area contributed by atoms with Crippen molar-refractivity contribution >= 4 is 39.6 Å². The summed E-state index contributed by atoms with van der Waals surface area (Å²) in [5.41, 5.74) is 0.868. The van der Waals surface area contributed by atoms with E-state index in [9.17, 15) is 14.9 Å². The third-order valence-corrected chi connectivity index (χ3v) is 3.98. The van der Waals surface area contributed by atoms with Gasteiger partial charge in [-0.25, -0.2) is 4.79 Å². The van der Waals surface area contributed by atoms with E-state index in [4.69, 9.17) is 9.84 Å². The minimum atomic E-state index is -1.10. The summed E-state index contributed by atoms with van der Waals surface area (Å²) in [6.07, 6.45) is 1.46. The summed E-state index contributed by atoms with van der Waals surface area (Å²) in [7, 11) is 0. The van der Waals surface area contributed by atoms with Crippen molar-refractivity contribution in [3.63, 3.8) is 0 Å². The Morgan fingerprint density at radius 3 is 2.59 bits per heavy atom. The Labute approximate surface area is 165 Å². The fourth-order valence-electron chi connectivity index (χ4n) is 2.20. The fraction of sp³-hybridized carbons (Fsp3) is 0.150. The van der Waals surface area contributed by atoms with E-state index < -0.39 is 11.9 Å². The SMILES string of the molecule is CC(C)Oc1ccc(/C=C(/C#N)C(=O)Nc2cccc(C(=O)O)c2)cc1Br. The van der Waals surface area contributed by atoms with Crippen LogP contribution in [-0.4, -0.2) is 23.1 Å². The van der Waals surface area contributed by atoms with E-state index in [2.05, 4.69) is 21.2 Å². The Hall–Kier alpha value is -3.11. The molecule has 0 fully saturated rings. The van der Waals surface area contributed by atoms with E-state index in [0.29, 0.717) is 21.5 Å². The maximum atomic E-state index is 12.3. The third-order valence-electron chi connectivity index (χ3n) is 3.36. The molecule has 138 valence electrons. The number of aromatic carboxylic acids is 1. The molecule has 0 saturated carbocycles. The van der Waals surface area contributed by atoms with Gasteiger partial charge in [0.05, 0.1) is 16.1 Å². The van der Waals surface area contributed by atoms with Gasteiger partial charge >= 0.3 is 5.97 Å². The number of carbonyl (C=O) groups is 2. The number of carbonyl (C=O) groups excluding carboxylic acids is 1. The highest BCUT2D eigenvalue weighted by Gasteiger charge is 2.12. The molecule has 0 aromatic heterocycles. The monoisotopic (exact) mass is 428 g/mol. The van der Waals surface area contributed by atoms with Crippen LogP contribution in [0.1, 0.15) is 29.8 Å². The van der Waals surface area contributed by atoms with E-state index in [-0.39, 0.29) is 17.2 Å². The summed E-state index contributed by atoms with van der Waals surface area (Å²) >= 11 is 3.41. The Morgan fingerprint density at radius 2 is 2.00 bits per heavy atom. The molecule has 0 bridgehead atoms. The number of hydrogen-bond donors (Lipinski definition) is 2. The van der Waals surface area contributed by atoms with E-state index in [0.717, 1.165) is 0 Å². The second-order valence-corrected chi connectivity index (χ2v) is 6.72. The Morgan fingerprint density at radius 1 is 1.26 bits per heavy atom. The van der Waals surface area contributed by atoms with Crippen LogP contribution >= 0.6 is 15.9 Å². The maximum absolute atomic E-state index is 12.3. The first-order valence-corrected chi connectivity index (χ1v) is 8.82. The van der Waals surface area contributed by atoms with Gasteiger partial charge in [0.15, 0.2) is 0 Å². The molecule has 2 rings (SSSR count). The normalized spacial score (nSPS) is 11.0. The molecule has 2 N–H and O–H groups in total. The zero-order valence-corrected chi connectivity index (χ0v) is 16.3. The summed E-state index contributed by atoms with van der Waals surface area (Å²) in [4.78, 5) is 23.3. The second kappa shape index (κ2) is 9.01. The standard InChI is InChI=1S/C20H17BrN2O4/c1-12(2)27-18-7-6-13(9-17(18)21)8-15(11-22)19(24)23-16-5-3-4-14(10-16)20(25)26/h3-10,12H,1-2H3,(H,23,24)(H,25,26)/b15-8-. The van der Waals surface area contributed by atoms with Crippen LogP contribution in [-0.2, 0) is 4.79 Å². The van der Waals surface area contributed by atoms with Crippen molar-refractivity contribution in [3.05, 3.63) is 63.6 Å². The minimum Gasteiger partial charge on any atom is -0.490 e. The summed E-state index contributed by atoms with van der Waals surface area (Å²) in [5, 5.41) is 20.8. The van der Waals surface area contributed by atoms with E-state index >= 15 is 0 Å². The molecule has 0 aliphatic rings. The van der Waals surface area contributed by atoms with Gasteiger partial charge in [-0.05, 0) is 71.7 Å². The minimum absolute atomic E-state index is 0.0182. The molecule has 7 heteroatoms. The molecule has 2 aromatic carbocycles. The van der Waals surface area contributed by atoms with Gasteiger partial charge in [0.2, 0.25) is 0 Å². The van der Waals surface area contributed by atoms with Gasteiger partial charge in [-0.1, -0.05) is 12.1 Å². The molecule has 0 heterocycles. The first-order chi connectivity index (χ1) is 12.8. The number of ether oxygens (including phenoxy) is 1. The van der Waals surface area contributed by atoms with Crippen LogP contribution in [0.3, 0.4) is 0 Å². The topological polar surface area (TPSA) is 99.4 Å². The molecule has 0 radical (unpaired) electrons. The first-order valence-electron chi connectivity index (χ1n) is 8.03. The smallest absolute Gasteiger partial charge is 0.335 e. The highest BCUT2D eigenvalue weighted by atomic mass is 79.9. The van der Waals surface area contributed by atoms with Crippen LogP contribution in [0, 0.1) is 11.3 Å². The van der Waals surface area contributed by atoms with Crippen molar-refractivity contribution in [3.8, 4) is 11.8 Å². The molecule has 6 nitrogen and oxygen atoms in total. The largest absolute Gasteiger partial charge is 0.490 e. The molecule has 0 unspecified atom stereocenters. The van der Waals surface area contributed by atoms with Crippen molar-refractivity contribution in [1.29, 1.82) is 5.26 Å². The lowest BCUT2D eigenvalue weighted by atomic mass is 10.1. The molecule has 0 aliphatic carbocycles. The van der Waals surface area contributed by atoms with Gasteiger partial charge < -0.3 is 15.2 Å². The quantitative estimate of drug-likeness (QED) is 0.521. The number of rotatable bonds is 6. The number of nitrogens with zero attached hydrogens (tertiary/aromatic N) is 1. The Kier molecular flexibility index (Phi) is 6.74. The Balaban J connectivity index is 2.21. The average Bonchev–Trinajstić information content (AvgIpc) is 2.61. The molecular formula is C20H17BrN2O4. The lowest BCUT2D eigenvalue weighted by Crippen LogP contribution is -2.14. The molecular weight excluding hydrogens is 412 g/mol. The van der Waals surface area contributed by atoms with Crippen LogP contribution in [0.15, 0.2) is 52.5 Å². The molecule has 0 atom stereocenters. The summed E-state index contributed by atoms with van der Waals surface area (Å²) in [5.74, 6) is -1.06. The number of nitrogens with one attached hydrogen (secondary N) is 1. The van der Waals surface area contributed by atoms with Crippen molar-refractivity contribution in [2.75, 3.05) is 5.32 Å². The predicted molar refractivity (Wildman–Crippen MR) is 106 cm³/mol. The van der Waals surface area contributed by atoms with Gasteiger partial charge in [0.1, 0.15) is 17.4 Å². The lowest BCUT2D eigenvalue weighted by Gasteiger charge is -2.11. The number of benzene rings is 2. The van der Waals surface area contributed by atoms with Crippen molar-refractivity contribution in [2.24, 2.45) is 0 Å². The van der Waals surface area contributed by atoms with Crippen LogP contribution in [0.5, 0.6) is 5.75 Å². The van der Waals surface area contributed by atoms with Gasteiger partial charge in [-0.15, -0.1) is 0 Å². The first kappa shape index (κ1) is 20.2. The molecule has 2 aromatic rings. The number of anilines is 1. The van der Waals surface area contributed by atoms with Crippen molar-refractivity contribution in [1.82, 2.24) is 0 Å². The molecule has 0 aliphatic heterocycles. The van der Waals surface area contributed by atoms with Crippen LogP contribution in [0.25, 0.3) is 6.08 Å². The van der Waals surface area contributed by atoms with Crippen molar-refractivity contribution in [2.45, 2.75) is 20.0 Å². The number of hydrogen-bond acceptors (Lipinski definition) is 4.